The Morgan fingerprint density at radius 2 is 1.77 bits per heavy atom. The molecule has 0 unspecified atom stereocenters. The highest BCUT2D eigenvalue weighted by Gasteiger charge is 2.43. The van der Waals surface area contributed by atoms with Gasteiger partial charge in [-0.2, -0.15) is 0 Å². The molecule has 1 aromatic carbocycles. The Balaban J connectivity index is 1.70. The summed E-state index contributed by atoms with van der Waals surface area (Å²) in [6, 6.07) is 14.2. The minimum Gasteiger partial charge on any atom is -0.437 e. The molecule has 148 valence electrons. The molecule has 4 nitrogen and oxygen atoms in total. The van der Waals surface area contributed by atoms with Gasteiger partial charge in [-0.3, -0.25) is 9.97 Å². The lowest BCUT2D eigenvalue weighted by Gasteiger charge is -2.22. The lowest BCUT2D eigenvalue weighted by atomic mass is 9.81. The summed E-state index contributed by atoms with van der Waals surface area (Å²) in [5.41, 5.74) is 8.02. The zero-order chi connectivity index (χ0) is 20.7. The predicted octanol–water partition coefficient (Wildman–Crippen LogP) is 6.55. The molecule has 0 spiro atoms. The van der Waals surface area contributed by atoms with Crippen LogP contribution in [-0.4, -0.2) is 15.0 Å². The maximum absolute atomic E-state index is 6.35. The van der Waals surface area contributed by atoms with Crippen molar-refractivity contribution in [1.82, 2.24) is 15.0 Å². The third kappa shape index (κ3) is 2.30. The maximum atomic E-state index is 6.35. The van der Waals surface area contributed by atoms with Crippen LogP contribution in [0.5, 0.6) is 0 Å². The average molecular weight is 393 g/mol. The van der Waals surface area contributed by atoms with Gasteiger partial charge in [0, 0.05) is 23.3 Å². The summed E-state index contributed by atoms with van der Waals surface area (Å²) in [7, 11) is 0. The second-order valence-corrected chi connectivity index (χ2v) is 9.70. The zero-order valence-corrected chi connectivity index (χ0v) is 17.7. The summed E-state index contributed by atoms with van der Waals surface area (Å²) in [6.07, 6.45) is 4.95. The van der Waals surface area contributed by atoms with Gasteiger partial charge in [0.1, 0.15) is 5.58 Å². The Kier molecular flexibility index (Phi) is 3.32. The van der Waals surface area contributed by atoms with Crippen LogP contribution < -0.4 is 0 Å². The minimum atomic E-state index is 0.0475. The molecule has 5 aromatic rings. The lowest BCUT2D eigenvalue weighted by molar-refractivity contribution is 0.403. The lowest BCUT2D eigenvalue weighted by Crippen LogP contribution is -2.18. The SMILES string of the molecule is CC1(C)CC(C)(C)c2c1cnc1cc3c(nc21)oc1c(-c2ccccn2)cccc13. The van der Waals surface area contributed by atoms with E-state index in [1.165, 1.54) is 11.1 Å². The molecule has 6 rings (SSSR count). The fourth-order valence-corrected chi connectivity index (χ4v) is 5.53. The van der Waals surface area contributed by atoms with Crippen molar-refractivity contribution in [2.45, 2.75) is 44.9 Å². The Bertz CT molecular complexity index is 1460. The second-order valence-electron chi connectivity index (χ2n) is 9.70. The van der Waals surface area contributed by atoms with Gasteiger partial charge in [0.15, 0.2) is 0 Å². The number of fused-ring (bicyclic) bond motifs is 6. The number of rotatable bonds is 1. The quantitative estimate of drug-likeness (QED) is 0.324. The minimum absolute atomic E-state index is 0.0475. The van der Waals surface area contributed by atoms with Crippen molar-refractivity contribution in [2.24, 2.45) is 0 Å². The van der Waals surface area contributed by atoms with Crippen LogP contribution in [0.2, 0.25) is 0 Å². The molecule has 4 heteroatoms. The first-order chi connectivity index (χ1) is 14.4. The summed E-state index contributed by atoms with van der Waals surface area (Å²) in [6.45, 7) is 9.22. The standard InChI is InChI=1S/C26H23N3O/c1-25(2)14-26(3,4)21-18(25)13-28-20-12-17-15-8-7-9-16(19-10-5-6-11-27-19)23(15)30-24(17)29-22(20)21/h5-13H,14H2,1-4H3. The highest BCUT2D eigenvalue weighted by atomic mass is 16.3. The highest BCUT2D eigenvalue weighted by molar-refractivity contribution is 6.10. The van der Waals surface area contributed by atoms with Gasteiger partial charge in [-0.25, -0.2) is 4.98 Å². The Morgan fingerprint density at radius 3 is 2.57 bits per heavy atom. The number of hydrogen-bond acceptors (Lipinski definition) is 4. The molecule has 1 aliphatic rings. The van der Waals surface area contributed by atoms with E-state index in [1.807, 2.05) is 30.3 Å². The van der Waals surface area contributed by atoms with E-state index in [-0.39, 0.29) is 10.8 Å². The van der Waals surface area contributed by atoms with Crippen LogP contribution in [0.25, 0.3) is 44.4 Å². The van der Waals surface area contributed by atoms with Crippen LogP contribution in [-0.2, 0) is 10.8 Å². The molecule has 0 saturated carbocycles. The number of hydrogen-bond donors (Lipinski definition) is 0. The van der Waals surface area contributed by atoms with Crippen LogP contribution in [0.3, 0.4) is 0 Å². The van der Waals surface area contributed by atoms with Gasteiger partial charge < -0.3 is 4.42 Å². The molecule has 0 saturated heterocycles. The first kappa shape index (κ1) is 17.6. The predicted molar refractivity (Wildman–Crippen MR) is 121 cm³/mol. The smallest absolute Gasteiger partial charge is 0.228 e. The average Bonchev–Trinajstić information content (AvgIpc) is 3.17. The van der Waals surface area contributed by atoms with Gasteiger partial charge in [-0.05, 0) is 52.6 Å². The Morgan fingerprint density at radius 1 is 0.900 bits per heavy atom. The monoisotopic (exact) mass is 393 g/mol. The normalized spacial score (nSPS) is 17.1. The molecule has 4 heterocycles. The van der Waals surface area contributed by atoms with E-state index in [2.05, 4.69) is 51.0 Å². The molecule has 1 aliphatic carbocycles. The van der Waals surface area contributed by atoms with Crippen molar-refractivity contribution in [2.75, 3.05) is 0 Å². The van der Waals surface area contributed by atoms with E-state index in [1.54, 1.807) is 6.20 Å². The number of benzene rings is 1. The van der Waals surface area contributed by atoms with E-state index in [0.717, 1.165) is 45.1 Å². The maximum Gasteiger partial charge on any atom is 0.228 e. The zero-order valence-electron chi connectivity index (χ0n) is 17.7. The largest absolute Gasteiger partial charge is 0.437 e. The molecule has 4 aromatic heterocycles. The Hall–Kier alpha value is -3.27. The molecular weight excluding hydrogens is 370 g/mol. The van der Waals surface area contributed by atoms with Crippen LogP contribution in [0.15, 0.2) is 59.3 Å². The number of pyridine rings is 3. The number of para-hydroxylation sites is 1. The molecule has 0 N–H and O–H groups in total. The second kappa shape index (κ2) is 5.66. The van der Waals surface area contributed by atoms with Crippen molar-refractivity contribution in [3.63, 3.8) is 0 Å². The fourth-order valence-electron chi connectivity index (χ4n) is 5.53. The summed E-state index contributed by atoms with van der Waals surface area (Å²) in [5.74, 6) is 0. The van der Waals surface area contributed by atoms with Crippen LogP contribution >= 0.6 is 0 Å². The summed E-state index contributed by atoms with van der Waals surface area (Å²) < 4.78 is 6.35. The molecule has 0 aliphatic heterocycles. The van der Waals surface area contributed by atoms with Crippen LogP contribution in [0.1, 0.15) is 45.2 Å². The van der Waals surface area contributed by atoms with E-state index in [4.69, 9.17) is 14.4 Å². The fraction of sp³-hybridized carbons (Fsp3) is 0.269. The van der Waals surface area contributed by atoms with E-state index in [9.17, 15) is 0 Å². The third-order valence-corrected chi connectivity index (χ3v) is 6.54. The molecule has 0 fully saturated rings. The van der Waals surface area contributed by atoms with E-state index < -0.39 is 0 Å². The molecule has 0 bridgehead atoms. The van der Waals surface area contributed by atoms with Crippen LogP contribution in [0.4, 0.5) is 0 Å². The topological polar surface area (TPSA) is 51.8 Å². The van der Waals surface area contributed by atoms with Crippen molar-refractivity contribution >= 4 is 33.1 Å². The van der Waals surface area contributed by atoms with Gasteiger partial charge in [-0.1, -0.05) is 45.9 Å². The van der Waals surface area contributed by atoms with E-state index >= 15 is 0 Å². The number of aromatic nitrogens is 3. The third-order valence-electron chi connectivity index (χ3n) is 6.54. The van der Waals surface area contributed by atoms with E-state index in [0.29, 0.717) is 5.71 Å². The van der Waals surface area contributed by atoms with Crippen molar-refractivity contribution < 1.29 is 4.42 Å². The molecular formula is C26H23N3O. The number of nitrogens with zero attached hydrogens (tertiary/aromatic N) is 3. The number of furan rings is 1. The summed E-state index contributed by atoms with van der Waals surface area (Å²) >= 11 is 0. The molecule has 0 amide bonds. The van der Waals surface area contributed by atoms with Crippen molar-refractivity contribution in [1.29, 1.82) is 0 Å². The van der Waals surface area contributed by atoms with Gasteiger partial charge in [0.05, 0.1) is 22.1 Å². The Labute approximate surface area is 175 Å². The first-order valence-corrected chi connectivity index (χ1v) is 10.4. The summed E-state index contributed by atoms with van der Waals surface area (Å²) in [5, 5.41) is 2.04. The van der Waals surface area contributed by atoms with Gasteiger partial charge in [-0.15, -0.1) is 0 Å². The van der Waals surface area contributed by atoms with Gasteiger partial charge in [0.2, 0.25) is 5.71 Å². The highest BCUT2D eigenvalue weighted by Crippen LogP contribution is 2.51. The van der Waals surface area contributed by atoms with Crippen molar-refractivity contribution in [3.8, 4) is 11.3 Å². The molecule has 0 atom stereocenters. The van der Waals surface area contributed by atoms with Crippen LogP contribution in [0, 0.1) is 0 Å². The molecule has 0 radical (unpaired) electrons. The first-order valence-electron chi connectivity index (χ1n) is 10.4. The van der Waals surface area contributed by atoms with Crippen molar-refractivity contribution in [3.05, 3.63) is 66.0 Å². The van der Waals surface area contributed by atoms with Gasteiger partial charge >= 0.3 is 0 Å². The van der Waals surface area contributed by atoms with Gasteiger partial charge in [0.25, 0.3) is 0 Å². The summed E-state index contributed by atoms with van der Waals surface area (Å²) in [4.78, 5) is 14.4. The molecule has 30 heavy (non-hydrogen) atoms.